The normalized spacial score (nSPS) is 39.9. The number of likely N-dealkylation sites (N-methyl/N-ethyl adjacent to an activating group) is 1. The second-order valence-corrected chi connectivity index (χ2v) is 21.8. The minimum Gasteiger partial charge on any atom is -0.459 e. The van der Waals surface area contributed by atoms with Crippen molar-refractivity contribution in [2.24, 2.45) is 28.8 Å². The van der Waals surface area contributed by atoms with E-state index in [-0.39, 0.29) is 44.3 Å². The number of ether oxygens (including phenoxy) is 8. The van der Waals surface area contributed by atoms with Gasteiger partial charge in [0.25, 0.3) is 5.69 Å². The Balaban J connectivity index is 1.34. The first kappa shape index (κ1) is 58.3. The van der Waals surface area contributed by atoms with Crippen LogP contribution in [-0.2, 0) is 62.1 Å². The van der Waals surface area contributed by atoms with Gasteiger partial charge in [0.2, 0.25) is 0 Å². The van der Waals surface area contributed by atoms with Gasteiger partial charge in [-0.25, -0.2) is 0 Å². The Kier molecular flexibility index (Phi) is 19.4. The predicted octanol–water partition coefficient (Wildman–Crippen LogP) is 5.02. The molecule has 4 aliphatic heterocycles. The van der Waals surface area contributed by atoms with Gasteiger partial charge in [-0.1, -0.05) is 56.8 Å². The molecule has 6 rings (SSSR count). The Morgan fingerprint density at radius 3 is 2.36 bits per heavy atom. The van der Waals surface area contributed by atoms with Crippen LogP contribution in [0.3, 0.4) is 0 Å². The summed E-state index contributed by atoms with van der Waals surface area (Å²) >= 11 is 0. The predicted molar refractivity (Wildman–Crippen MR) is 267 cm³/mol. The minimum atomic E-state index is -1.79. The average Bonchev–Trinajstić information content (AvgIpc) is 3.81. The molecule has 1 aromatic carbocycles. The standard InChI is InChI=1S/C52H82N6O15/c1-14-40-52(11,62)47-32(5)42(54-63)30(3)24-51(10,68-28-29(2)27-67-47)46(33(6)44(34(7)48(61)71-40)72-41-25-50(9,66-13)45(60)35(8)70-41)73-49-43(59)39(23-31(4)69-49)56(12)21-20-37-26-57(55-53-37)22-19-36-15-17-38(18-16-36)58(64)65/h15-18,26,30-35,39-41,43-47,49,59-60,62-63H,2,14,19-25,27-28H2,1,3-13H3/b54-42+/t30-,31-,32+,33+,34-,35+,39+,40-,41?,43?,44+,45+,46-,47-,49+,50-,51-,52-/m1/s1. The van der Waals surface area contributed by atoms with Crippen LogP contribution < -0.4 is 0 Å². The molecule has 0 spiro atoms. The molecule has 0 amide bonds. The number of nitrogens with zero attached hydrogens (tertiary/aromatic N) is 6. The van der Waals surface area contributed by atoms with Gasteiger partial charge in [-0.2, -0.15) is 0 Å². The fourth-order valence-corrected chi connectivity index (χ4v) is 11.5. The van der Waals surface area contributed by atoms with E-state index in [2.05, 4.69) is 26.9 Å². The van der Waals surface area contributed by atoms with Gasteiger partial charge >= 0.3 is 5.97 Å². The molecule has 0 radical (unpaired) electrons. The molecule has 0 saturated carbocycles. The van der Waals surface area contributed by atoms with Crippen LogP contribution in [0.4, 0.5) is 5.69 Å². The molecule has 4 fully saturated rings. The van der Waals surface area contributed by atoms with Crippen molar-refractivity contribution in [3.8, 4) is 0 Å². The lowest BCUT2D eigenvalue weighted by Crippen LogP contribution is -2.62. The smallest absolute Gasteiger partial charge is 0.311 e. The van der Waals surface area contributed by atoms with Crippen LogP contribution in [0.25, 0.3) is 0 Å². The van der Waals surface area contributed by atoms with Crippen molar-refractivity contribution in [3.63, 3.8) is 0 Å². The highest BCUT2D eigenvalue weighted by Gasteiger charge is 2.55. The number of rotatable bonds is 14. The summed E-state index contributed by atoms with van der Waals surface area (Å²) in [6.45, 7) is 23.2. The zero-order valence-electron chi connectivity index (χ0n) is 44.8. The highest BCUT2D eigenvalue weighted by atomic mass is 16.7. The number of aliphatic hydroxyl groups excluding tert-OH is 2. The molecule has 410 valence electrons. The Bertz CT molecular complexity index is 2200. The molecular weight excluding hydrogens is 949 g/mol. The molecule has 21 nitrogen and oxygen atoms in total. The van der Waals surface area contributed by atoms with Crippen molar-refractivity contribution >= 4 is 17.4 Å². The fraction of sp³-hybridized carbons (Fsp3) is 0.769. The monoisotopic (exact) mass is 1030 g/mol. The van der Waals surface area contributed by atoms with Gasteiger partial charge in [0.15, 0.2) is 12.6 Å². The van der Waals surface area contributed by atoms with Crippen LogP contribution in [0, 0.1) is 33.8 Å². The summed E-state index contributed by atoms with van der Waals surface area (Å²) in [6.07, 6.45) is -5.74. The number of carbonyl (C=O) groups is 1. The van der Waals surface area contributed by atoms with Crippen LogP contribution in [0.5, 0.6) is 0 Å². The SMILES string of the molecule is C=C1CO[C@@H]2[C@@H](C)/C(=N/O)[C@H](C)C[C@@](C)(OC1)[C@H](O[C@@H]1O[C@H](C)C[C@H](N(C)CCc3cn(CCc4ccc([N+](=O)[O-])cc4)nn3)C1O)[C@@H](C)[C@H](OC1C[C@@](C)(OC)[C@@H](O)[C@H](C)O1)[C@@H](C)C(=O)O[C@H](CC)[C@@]2(C)O. The van der Waals surface area contributed by atoms with Gasteiger partial charge in [0, 0.05) is 75.2 Å². The largest absolute Gasteiger partial charge is 0.459 e. The summed E-state index contributed by atoms with van der Waals surface area (Å²) in [5.74, 6) is -3.72. The second-order valence-electron chi connectivity index (χ2n) is 21.8. The lowest BCUT2D eigenvalue weighted by Gasteiger charge is -2.50. The molecule has 2 bridgehead atoms. The number of cyclic esters (lactones) is 1. The third kappa shape index (κ3) is 13.3. The van der Waals surface area contributed by atoms with Gasteiger partial charge in [-0.3, -0.25) is 19.6 Å². The molecule has 4 N–H and O–H groups in total. The molecule has 2 aromatic rings. The van der Waals surface area contributed by atoms with Crippen LogP contribution in [-0.4, -0.2) is 175 Å². The Hall–Kier alpha value is -4.00. The highest BCUT2D eigenvalue weighted by Crippen LogP contribution is 2.43. The Morgan fingerprint density at radius 2 is 1.71 bits per heavy atom. The van der Waals surface area contributed by atoms with E-state index < -0.39 is 113 Å². The van der Waals surface area contributed by atoms with Crippen LogP contribution in [0.2, 0.25) is 0 Å². The number of hydrogen-bond donors (Lipinski definition) is 4. The summed E-state index contributed by atoms with van der Waals surface area (Å²) in [7, 11) is 3.43. The molecule has 0 aliphatic carbocycles. The first-order valence-corrected chi connectivity index (χ1v) is 25.8. The number of methoxy groups -OCH3 is 1. The molecule has 21 heteroatoms. The van der Waals surface area contributed by atoms with E-state index >= 15 is 0 Å². The van der Waals surface area contributed by atoms with Crippen molar-refractivity contribution in [2.45, 2.75) is 199 Å². The third-order valence-corrected chi connectivity index (χ3v) is 16.0. The molecule has 18 atom stereocenters. The number of fused-ring (bicyclic) bond motifs is 5. The number of non-ortho nitro benzene ring substituents is 1. The Labute approximate surface area is 429 Å². The maximum atomic E-state index is 14.7. The van der Waals surface area contributed by atoms with Crippen LogP contribution in [0.15, 0.2) is 47.8 Å². The van der Waals surface area contributed by atoms with Crippen molar-refractivity contribution in [2.75, 3.05) is 33.9 Å². The van der Waals surface area contributed by atoms with E-state index in [4.69, 9.17) is 37.9 Å². The van der Waals surface area contributed by atoms with E-state index in [0.29, 0.717) is 43.6 Å². The van der Waals surface area contributed by atoms with Gasteiger partial charge in [-0.05, 0) is 85.4 Å². The number of nitro benzene ring substituents is 1. The molecule has 1 aromatic heterocycles. The number of carbonyl (C=O) groups excluding carboxylic acids is 1. The zero-order valence-corrected chi connectivity index (χ0v) is 44.8. The fourth-order valence-electron chi connectivity index (χ4n) is 11.5. The molecule has 2 unspecified atom stereocenters. The molecular formula is C52H82N6O15. The summed E-state index contributed by atoms with van der Waals surface area (Å²) in [5, 5.41) is 70.5. The summed E-state index contributed by atoms with van der Waals surface area (Å²) in [5.41, 5.74) is -1.61. The second kappa shape index (κ2) is 24.3. The van der Waals surface area contributed by atoms with Crippen molar-refractivity contribution in [1.82, 2.24) is 19.9 Å². The Morgan fingerprint density at radius 1 is 1.01 bits per heavy atom. The van der Waals surface area contributed by atoms with Crippen molar-refractivity contribution < 1.29 is 68.1 Å². The van der Waals surface area contributed by atoms with E-state index in [1.807, 2.05) is 40.9 Å². The quantitative estimate of drug-likeness (QED) is 0.0636. The first-order chi connectivity index (χ1) is 34.4. The van der Waals surface area contributed by atoms with Crippen molar-refractivity contribution in [1.29, 1.82) is 0 Å². The van der Waals surface area contributed by atoms with Gasteiger partial charge < -0.3 is 63.3 Å². The number of aromatic nitrogens is 3. The van der Waals surface area contributed by atoms with E-state index in [1.165, 1.54) is 19.2 Å². The summed E-state index contributed by atoms with van der Waals surface area (Å²) in [6, 6.07) is 5.99. The number of esters is 1. The maximum absolute atomic E-state index is 14.7. The number of hydrogen-bond acceptors (Lipinski definition) is 19. The maximum Gasteiger partial charge on any atom is 0.311 e. The summed E-state index contributed by atoms with van der Waals surface area (Å²) < 4.78 is 54.3. The van der Waals surface area contributed by atoms with Gasteiger partial charge in [0.05, 0.1) is 77.2 Å². The number of aliphatic hydroxyl groups is 3. The molecule has 4 saturated heterocycles. The number of benzene rings is 1. The molecule has 5 heterocycles. The zero-order chi connectivity index (χ0) is 53.7. The topological polar surface area (TPSA) is 261 Å². The number of oxime groups is 1. The van der Waals surface area contributed by atoms with Crippen molar-refractivity contribution in [3.05, 3.63) is 64.0 Å². The highest BCUT2D eigenvalue weighted by molar-refractivity contribution is 5.88. The van der Waals surface area contributed by atoms with Crippen LogP contribution in [0.1, 0.15) is 106 Å². The number of nitro groups is 1. The van der Waals surface area contributed by atoms with E-state index in [0.717, 1.165) is 11.3 Å². The first-order valence-electron chi connectivity index (χ1n) is 25.8. The van der Waals surface area contributed by atoms with E-state index in [9.17, 15) is 35.4 Å². The van der Waals surface area contributed by atoms with Gasteiger partial charge in [-0.15, -0.1) is 5.10 Å². The minimum absolute atomic E-state index is 0.0107. The van der Waals surface area contributed by atoms with E-state index in [1.54, 1.807) is 58.4 Å². The van der Waals surface area contributed by atoms with Gasteiger partial charge in [0.1, 0.15) is 23.9 Å². The average molecular weight is 1030 g/mol. The number of aryl methyl sites for hydroxylation is 2. The molecule has 73 heavy (non-hydrogen) atoms. The van der Waals surface area contributed by atoms with Crippen LogP contribution >= 0.6 is 0 Å². The lowest BCUT2D eigenvalue weighted by molar-refractivity contribution is -0.384. The summed E-state index contributed by atoms with van der Waals surface area (Å²) in [4.78, 5) is 27.5. The molecule has 4 aliphatic rings. The third-order valence-electron chi connectivity index (χ3n) is 16.0. The lowest BCUT2D eigenvalue weighted by atomic mass is 9.73.